The van der Waals surface area contributed by atoms with Gasteiger partial charge in [-0.15, -0.1) is 13.2 Å². The minimum absolute atomic E-state index is 0.0265. The lowest BCUT2D eigenvalue weighted by atomic mass is 10.1. The number of anilines is 1. The van der Waals surface area contributed by atoms with Crippen LogP contribution in [0.25, 0.3) is 0 Å². The summed E-state index contributed by atoms with van der Waals surface area (Å²) in [4.78, 5) is 26.4. The molecule has 2 amide bonds. The normalized spacial score (nSPS) is 17.2. The van der Waals surface area contributed by atoms with Crippen molar-refractivity contribution in [1.82, 2.24) is 4.90 Å². The van der Waals surface area contributed by atoms with Crippen LogP contribution in [0.1, 0.15) is 11.1 Å². The number of hydrogen-bond donors (Lipinski definition) is 1. The highest BCUT2D eigenvalue weighted by Gasteiger charge is 2.34. The Bertz CT molecular complexity index is 867. The van der Waals surface area contributed by atoms with E-state index in [9.17, 15) is 22.8 Å². The lowest BCUT2D eigenvalue weighted by Gasteiger charge is -2.34. The van der Waals surface area contributed by atoms with Gasteiger partial charge in [0.25, 0.3) is 0 Å². The third kappa shape index (κ3) is 5.71. The molecule has 0 saturated carbocycles. The zero-order valence-corrected chi connectivity index (χ0v) is 15.5. The second-order valence-electron chi connectivity index (χ2n) is 6.60. The lowest BCUT2D eigenvalue weighted by Crippen LogP contribution is -2.54. The fourth-order valence-corrected chi connectivity index (χ4v) is 2.88. The number of carbonyl (C=O) groups is 2. The molecule has 1 aliphatic heterocycles. The predicted octanol–water partition coefficient (Wildman–Crippen LogP) is 3.26. The molecule has 2 aromatic rings. The van der Waals surface area contributed by atoms with E-state index in [-0.39, 0.29) is 31.4 Å². The van der Waals surface area contributed by atoms with Crippen LogP contribution in [0.15, 0.2) is 48.5 Å². The summed E-state index contributed by atoms with van der Waals surface area (Å²) in [6.07, 6.45) is -4.79. The van der Waals surface area contributed by atoms with Crippen molar-refractivity contribution < 1.29 is 32.2 Å². The highest BCUT2D eigenvalue weighted by atomic mass is 19.4. The molecule has 2 aromatic carbocycles. The van der Waals surface area contributed by atoms with E-state index in [1.54, 1.807) is 0 Å². The number of benzene rings is 2. The van der Waals surface area contributed by atoms with Gasteiger partial charge in [-0.2, -0.15) is 0 Å². The molecule has 9 heteroatoms. The van der Waals surface area contributed by atoms with Gasteiger partial charge in [0.1, 0.15) is 18.4 Å². The van der Waals surface area contributed by atoms with E-state index in [0.29, 0.717) is 0 Å². The standard InChI is InChI=1S/C20H19F3N2O4/c1-13-2-4-14(5-3-13)10-25-17(11-28-12-18(25)26)19(27)24-15-6-8-16(9-7-15)29-20(21,22)23/h2-9,17H,10-12H2,1H3,(H,24,27)/t17-/m0/s1. The second-order valence-corrected chi connectivity index (χ2v) is 6.60. The van der Waals surface area contributed by atoms with Gasteiger partial charge in [-0.1, -0.05) is 29.8 Å². The average molecular weight is 408 g/mol. The van der Waals surface area contributed by atoms with Gasteiger partial charge in [-0.05, 0) is 36.8 Å². The first-order chi connectivity index (χ1) is 13.7. The zero-order chi connectivity index (χ0) is 21.0. The number of carbonyl (C=O) groups excluding carboxylic acids is 2. The molecular formula is C20H19F3N2O4. The second kappa shape index (κ2) is 8.52. The number of amides is 2. The molecule has 0 bridgehead atoms. The van der Waals surface area contributed by atoms with Crippen molar-refractivity contribution in [2.45, 2.75) is 25.9 Å². The molecule has 1 heterocycles. The first-order valence-electron chi connectivity index (χ1n) is 8.81. The Morgan fingerprint density at radius 2 is 1.83 bits per heavy atom. The van der Waals surface area contributed by atoms with Crippen LogP contribution >= 0.6 is 0 Å². The SMILES string of the molecule is Cc1ccc(CN2C(=O)COC[C@H]2C(=O)Nc2ccc(OC(F)(F)F)cc2)cc1. The Morgan fingerprint density at radius 3 is 2.45 bits per heavy atom. The van der Waals surface area contributed by atoms with E-state index in [1.165, 1.54) is 17.0 Å². The van der Waals surface area contributed by atoms with E-state index >= 15 is 0 Å². The number of ether oxygens (including phenoxy) is 2. The smallest absolute Gasteiger partial charge is 0.406 e. The average Bonchev–Trinajstić information content (AvgIpc) is 2.65. The highest BCUT2D eigenvalue weighted by molar-refractivity contribution is 5.98. The minimum Gasteiger partial charge on any atom is -0.406 e. The number of hydrogen-bond acceptors (Lipinski definition) is 4. The summed E-state index contributed by atoms with van der Waals surface area (Å²) in [6, 6.07) is 11.5. The molecule has 1 N–H and O–H groups in total. The fraction of sp³-hybridized carbons (Fsp3) is 0.300. The Labute approximate surface area is 165 Å². The van der Waals surface area contributed by atoms with E-state index in [4.69, 9.17) is 4.74 Å². The van der Waals surface area contributed by atoms with Crippen molar-refractivity contribution in [3.05, 3.63) is 59.7 Å². The minimum atomic E-state index is -4.79. The molecular weight excluding hydrogens is 389 g/mol. The van der Waals surface area contributed by atoms with E-state index < -0.39 is 24.1 Å². The van der Waals surface area contributed by atoms with Gasteiger partial charge in [0.05, 0.1) is 6.61 Å². The van der Waals surface area contributed by atoms with Crippen molar-refractivity contribution in [3.63, 3.8) is 0 Å². The van der Waals surface area contributed by atoms with E-state index in [2.05, 4.69) is 10.1 Å². The number of halogens is 3. The Morgan fingerprint density at radius 1 is 1.17 bits per heavy atom. The van der Waals surface area contributed by atoms with Crippen LogP contribution in [0.3, 0.4) is 0 Å². The molecule has 154 valence electrons. The number of alkyl halides is 3. The quantitative estimate of drug-likeness (QED) is 0.825. The molecule has 0 radical (unpaired) electrons. The molecule has 0 aliphatic carbocycles. The maximum absolute atomic E-state index is 12.7. The molecule has 0 unspecified atom stereocenters. The van der Waals surface area contributed by atoms with Gasteiger partial charge in [0, 0.05) is 12.2 Å². The van der Waals surface area contributed by atoms with Crippen LogP contribution in [0.5, 0.6) is 5.75 Å². The van der Waals surface area contributed by atoms with Gasteiger partial charge in [0.2, 0.25) is 11.8 Å². The molecule has 1 atom stereocenters. The third-order valence-electron chi connectivity index (χ3n) is 4.33. The third-order valence-corrected chi connectivity index (χ3v) is 4.33. The summed E-state index contributed by atoms with van der Waals surface area (Å²) in [5.74, 6) is -1.20. The van der Waals surface area contributed by atoms with Crippen molar-refractivity contribution in [2.24, 2.45) is 0 Å². The fourth-order valence-electron chi connectivity index (χ4n) is 2.88. The van der Waals surface area contributed by atoms with Crippen LogP contribution in [0, 0.1) is 6.92 Å². The van der Waals surface area contributed by atoms with Crippen molar-refractivity contribution in [1.29, 1.82) is 0 Å². The van der Waals surface area contributed by atoms with Gasteiger partial charge in [0.15, 0.2) is 0 Å². The Kier molecular flexibility index (Phi) is 6.07. The number of nitrogens with zero attached hydrogens (tertiary/aromatic N) is 1. The van der Waals surface area contributed by atoms with E-state index in [0.717, 1.165) is 23.3 Å². The van der Waals surface area contributed by atoms with Crippen LogP contribution in [0.2, 0.25) is 0 Å². The first-order valence-corrected chi connectivity index (χ1v) is 8.81. The van der Waals surface area contributed by atoms with Crippen molar-refractivity contribution in [2.75, 3.05) is 18.5 Å². The summed E-state index contributed by atoms with van der Waals surface area (Å²) in [5.41, 5.74) is 2.23. The van der Waals surface area contributed by atoms with Crippen LogP contribution in [-0.2, 0) is 20.9 Å². The Balaban J connectivity index is 1.68. The summed E-state index contributed by atoms with van der Waals surface area (Å²) in [6.45, 7) is 2.11. The zero-order valence-electron chi connectivity index (χ0n) is 15.5. The molecule has 6 nitrogen and oxygen atoms in total. The molecule has 0 spiro atoms. The van der Waals surface area contributed by atoms with Crippen molar-refractivity contribution >= 4 is 17.5 Å². The maximum Gasteiger partial charge on any atom is 0.573 e. The monoisotopic (exact) mass is 408 g/mol. The van der Waals surface area contributed by atoms with Gasteiger partial charge >= 0.3 is 6.36 Å². The first kappa shape index (κ1) is 20.7. The molecule has 1 fully saturated rings. The number of morpholine rings is 1. The summed E-state index contributed by atoms with van der Waals surface area (Å²) < 4.78 is 45.7. The van der Waals surface area contributed by atoms with Gasteiger partial charge < -0.3 is 19.7 Å². The predicted molar refractivity (Wildman–Crippen MR) is 98.1 cm³/mol. The summed E-state index contributed by atoms with van der Waals surface area (Å²) >= 11 is 0. The number of nitrogens with one attached hydrogen (secondary N) is 1. The maximum atomic E-state index is 12.7. The van der Waals surface area contributed by atoms with Crippen molar-refractivity contribution in [3.8, 4) is 5.75 Å². The lowest BCUT2D eigenvalue weighted by molar-refractivity contribution is -0.274. The number of rotatable bonds is 5. The molecule has 29 heavy (non-hydrogen) atoms. The molecule has 0 aromatic heterocycles. The Hall–Kier alpha value is -3.07. The molecule has 3 rings (SSSR count). The molecule has 1 saturated heterocycles. The number of aryl methyl sites for hydroxylation is 1. The van der Waals surface area contributed by atoms with Gasteiger partial charge in [-0.25, -0.2) is 0 Å². The van der Waals surface area contributed by atoms with Crippen LogP contribution in [0.4, 0.5) is 18.9 Å². The van der Waals surface area contributed by atoms with Crippen LogP contribution in [-0.4, -0.2) is 42.3 Å². The largest absolute Gasteiger partial charge is 0.573 e. The van der Waals surface area contributed by atoms with Crippen LogP contribution < -0.4 is 10.1 Å². The topological polar surface area (TPSA) is 67.9 Å². The summed E-state index contributed by atoms with van der Waals surface area (Å²) in [7, 11) is 0. The summed E-state index contributed by atoms with van der Waals surface area (Å²) in [5, 5.41) is 2.60. The molecule has 1 aliphatic rings. The van der Waals surface area contributed by atoms with Gasteiger partial charge in [-0.3, -0.25) is 9.59 Å². The highest BCUT2D eigenvalue weighted by Crippen LogP contribution is 2.24. The van der Waals surface area contributed by atoms with E-state index in [1.807, 2.05) is 31.2 Å².